The SMILES string of the molecule is CCNCc1cccc2c1ccn2CCc1ccnn1C. The molecule has 0 saturated carbocycles. The van der Waals surface area contributed by atoms with Gasteiger partial charge in [-0.3, -0.25) is 4.68 Å². The number of benzene rings is 1. The molecule has 0 fully saturated rings. The normalized spacial score (nSPS) is 11.3. The number of rotatable bonds is 6. The van der Waals surface area contributed by atoms with Crippen molar-refractivity contribution in [3.63, 3.8) is 0 Å². The molecular weight excluding hydrogens is 260 g/mol. The van der Waals surface area contributed by atoms with Gasteiger partial charge >= 0.3 is 0 Å². The second kappa shape index (κ2) is 6.14. The van der Waals surface area contributed by atoms with Crippen LogP contribution < -0.4 is 5.32 Å². The van der Waals surface area contributed by atoms with Gasteiger partial charge < -0.3 is 9.88 Å². The summed E-state index contributed by atoms with van der Waals surface area (Å²) in [5.74, 6) is 0. The third kappa shape index (κ3) is 2.85. The lowest BCUT2D eigenvalue weighted by molar-refractivity contribution is 0.649. The van der Waals surface area contributed by atoms with Gasteiger partial charge in [-0.05, 0) is 30.3 Å². The van der Waals surface area contributed by atoms with Crippen LogP contribution >= 0.6 is 0 Å². The summed E-state index contributed by atoms with van der Waals surface area (Å²) in [6.07, 6.45) is 5.05. The predicted octanol–water partition coefficient (Wildman–Crippen LogP) is 2.73. The van der Waals surface area contributed by atoms with Crippen molar-refractivity contribution in [2.75, 3.05) is 6.54 Å². The molecule has 0 spiro atoms. The minimum absolute atomic E-state index is 0.930. The van der Waals surface area contributed by atoms with E-state index in [0.29, 0.717) is 0 Å². The average molecular weight is 282 g/mol. The molecule has 0 saturated heterocycles. The maximum Gasteiger partial charge on any atom is 0.0492 e. The van der Waals surface area contributed by atoms with E-state index in [4.69, 9.17) is 0 Å². The summed E-state index contributed by atoms with van der Waals surface area (Å²) in [5.41, 5.74) is 3.95. The summed E-state index contributed by atoms with van der Waals surface area (Å²) in [4.78, 5) is 0. The van der Waals surface area contributed by atoms with Crippen LogP contribution in [0.1, 0.15) is 18.2 Å². The fourth-order valence-electron chi connectivity index (χ4n) is 2.78. The molecule has 0 radical (unpaired) electrons. The molecule has 0 bridgehead atoms. The minimum atomic E-state index is 0.930. The fourth-order valence-corrected chi connectivity index (χ4v) is 2.78. The predicted molar refractivity (Wildman–Crippen MR) is 86.2 cm³/mol. The number of hydrogen-bond acceptors (Lipinski definition) is 2. The maximum atomic E-state index is 4.23. The van der Waals surface area contributed by atoms with Gasteiger partial charge in [-0.2, -0.15) is 5.10 Å². The van der Waals surface area contributed by atoms with Gasteiger partial charge in [0, 0.05) is 55.5 Å². The van der Waals surface area contributed by atoms with Gasteiger partial charge in [0.1, 0.15) is 0 Å². The molecule has 0 unspecified atom stereocenters. The van der Waals surface area contributed by atoms with Crippen LogP contribution in [0.2, 0.25) is 0 Å². The van der Waals surface area contributed by atoms with Crippen molar-refractivity contribution in [1.29, 1.82) is 0 Å². The standard InChI is InChI=1S/C17H22N4/c1-3-18-13-14-5-4-6-17-16(14)9-12-21(17)11-8-15-7-10-19-20(15)2/h4-7,9-10,12,18H,3,8,11,13H2,1-2H3. The molecule has 1 N–H and O–H groups in total. The second-order valence-electron chi connectivity index (χ2n) is 5.34. The van der Waals surface area contributed by atoms with Crippen molar-refractivity contribution in [1.82, 2.24) is 19.7 Å². The highest BCUT2D eigenvalue weighted by atomic mass is 15.3. The third-order valence-corrected chi connectivity index (χ3v) is 4.00. The molecule has 2 aromatic heterocycles. The van der Waals surface area contributed by atoms with Crippen molar-refractivity contribution in [3.8, 4) is 0 Å². The van der Waals surface area contributed by atoms with Gasteiger partial charge in [-0.15, -0.1) is 0 Å². The highest BCUT2D eigenvalue weighted by molar-refractivity contribution is 5.83. The van der Waals surface area contributed by atoms with Crippen molar-refractivity contribution < 1.29 is 0 Å². The van der Waals surface area contributed by atoms with E-state index in [1.807, 2.05) is 17.9 Å². The zero-order valence-corrected chi connectivity index (χ0v) is 12.7. The molecular formula is C17H22N4. The van der Waals surface area contributed by atoms with E-state index in [0.717, 1.165) is 26.1 Å². The molecule has 4 heteroatoms. The quantitative estimate of drug-likeness (QED) is 0.754. The number of aromatic nitrogens is 3. The maximum absolute atomic E-state index is 4.23. The lowest BCUT2D eigenvalue weighted by atomic mass is 10.1. The molecule has 21 heavy (non-hydrogen) atoms. The van der Waals surface area contributed by atoms with E-state index in [2.05, 4.69) is 58.4 Å². The number of hydrogen-bond donors (Lipinski definition) is 1. The van der Waals surface area contributed by atoms with E-state index in [-0.39, 0.29) is 0 Å². The Morgan fingerprint density at radius 1 is 1.19 bits per heavy atom. The molecule has 3 aromatic rings. The van der Waals surface area contributed by atoms with Crippen molar-refractivity contribution in [3.05, 3.63) is 54.0 Å². The Labute approximate surface area is 125 Å². The Balaban J connectivity index is 1.81. The Hall–Kier alpha value is -2.07. The molecule has 0 aliphatic heterocycles. The summed E-state index contributed by atoms with van der Waals surface area (Å²) in [5, 5.41) is 8.98. The zero-order valence-electron chi connectivity index (χ0n) is 12.7. The average Bonchev–Trinajstić information content (AvgIpc) is 3.09. The molecule has 1 aromatic carbocycles. The first-order valence-corrected chi connectivity index (χ1v) is 7.54. The van der Waals surface area contributed by atoms with Gasteiger partial charge in [0.05, 0.1) is 0 Å². The summed E-state index contributed by atoms with van der Waals surface area (Å²) < 4.78 is 4.28. The molecule has 0 aliphatic rings. The molecule has 2 heterocycles. The lowest BCUT2D eigenvalue weighted by Crippen LogP contribution is -2.11. The first kappa shape index (κ1) is 13.9. The summed E-state index contributed by atoms with van der Waals surface area (Å²) in [7, 11) is 2.00. The fraction of sp³-hybridized carbons (Fsp3) is 0.353. The van der Waals surface area contributed by atoms with E-state index < -0.39 is 0 Å². The first-order chi connectivity index (χ1) is 10.3. The number of nitrogens with one attached hydrogen (secondary N) is 1. The number of nitrogens with zero attached hydrogens (tertiary/aromatic N) is 3. The summed E-state index contributed by atoms with van der Waals surface area (Å²) in [6.45, 7) is 5.05. The third-order valence-electron chi connectivity index (χ3n) is 4.00. The van der Waals surface area contributed by atoms with Crippen LogP contribution in [0.4, 0.5) is 0 Å². The van der Waals surface area contributed by atoms with Gasteiger partial charge in [0.2, 0.25) is 0 Å². The molecule has 4 nitrogen and oxygen atoms in total. The van der Waals surface area contributed by atoms with Crippen LogP contribution in [-0.4, -0.2) is 20.9 Å². The van der Waals surface area contributed by atoms with Crippen LogP contribution in [0.15, 0.2) is 42.7 Å². The van der Waals surface area contributed by atoms with Crippen LogP contribution in [0.25, 0.3) is 10.9 Å². The van der Waals surface area contributed by atoms with Gasteiger partial charge in [0.15, 0.2) is 0 Å². The van der Waals surface area contributed by atoms with Crippen molar-refractivity contribution in [2.24, 2.45) is 7.05 Å². The van der Waals surface area contributed by atoms with Crippen molar-refractivity contribution in [2.45, 2.75) is 26.4 Å². The van der Waals surface area contributed by atoms with E-state index >= 15 is 0 Å². The second-order valence-corrected chi connectivity index (χ2v) is 5.34. The lowest BCUT2D eigenvalue weighted by Gasteiger charge is -2.08. The van der Waals surface area contributed by atoms with Crippen LogP contribution in [-0.2, 0) is 26.6 Å². The van der Waals surface area contributed by atoms with E-state index in [1.54, 1.807) is 0 Å². The molecule has 0 atom stereocenters. The van der Waals surface area contributed by atoms with Crippen LogP contribution in [0, 0.1) is 0 Å². The number of fused-ring (bicyclic) bond motifs is 1. The zero-order chi connectivity index (χ0) is 14.7. The highest BCUT2D eigenvalue weighted by Crippen LogP contribution is 2.20. The molecule has 110 valence electrons. The van der Waals surface area contributed by atoms with E-state index in [1.165, 1.54) is 22.2 Å². The summed E-state index contributed by atoms with van der Waals surface area (Å²) >= 11 is 0. The monoisotopic (exact) mass is 282 g/mol. The highest BCUT2D eigenvalue weighted by Gasteiger charge is 2.06. The largest absolute Gasteiger partial charge is 0.347 e. The van der Waals surface area contributed by atoms with Gasteiger partial charge in [0.25, 0.3) is 0 Å². The Morgan fingerprint density at radius 2 is 2.10 bits per heavy atom. The Bertz CT molecular complexity index is 723. The number of aryl methyl sites for hydroxylation is 3. The smallest absolute Gasteiger partial charge is 0.0492 e. The van der Waals surface area contributed by atoms with Crippen LogP contribution in [0.5, 0.6) is 0 Å². The topological polar surface area (TPSA) is 34.8 Å². The minimum Gasteiger partial charge on any atom is -0.347 e. The first-order valence-electron chi connectivity index (χ1n) is 7.54. The molecule has 3 rings (SSSR count). The molecule has 0 amide bonds. The van der Waals surface area contributed by atoms with Crippen molar-refractivity contribution >= 4 is 10.9 Å². The summed E-state index contributed by atoms with van der Waals surface area (Å²) in [6, 6.07) is 10.9. The van der Waals surface area contributed by atoms with E-state index in [9.17, 15) is 0 Å². The Kier molecular flexibility index (Phi) is 4.06. The van der Waals surface area contributed by atoms with Crippen LogP contribution in [0.3, 0.4) is 0 Å². The van der Waals surface area contributed by atoms with Gasteiger partial charge in [-0.1, -0.05) is 19.1 Å². The Morgan fingerprint density at radius 3 is 2.86 bits per heavy atom. The molecule has 0 aliphatic carbocycles. The van der Waals surface area contributed by atoms with Gasteiger partial charge in [-0.25, -0.2) is 0 Å².